The van der Waals surface area contributed by atoms with Crippen molar-refractivity contribution in [2.45, 2.75) is 11.5 Å². The number of nitrogens with zero attached hydrogens (tertiary/aromatic N) is 1. The van der Waals surface area contributed by atoms with Gasteiger partial charge < -0.3 is 9.63 Å². The van der Waals surface area contributed by atoms with Crippen molar-refractivity contribution >= 4 is 9.84 Å². The number of halogens is 3. The lowest BCUT2D eigenvalue weighted by molar-refractivity contribution is 0.230. The maximum absolute atomic E-state index is 14.6. The van der Waals surface area contributed by atoms with Crippen LogP contribution < -0.4 is 0 Å². The molecule has 3 aromatic rings. The smallest absolute Gasteiger partial charge is 0.178 e. The number of aliphatic hydroxyl groups is 1. The molecule has 0 atom stereocenters. The summed E-state index contributed by atoms with van der Waals surface area (Å²) in [5.41, 5.74) is -0.247. The molecule has 0 aliphatic heterocycles. The molecule has 1 heterocycles. The number of aromatic nitrogens is 1. The number of hydrogen-bond donors (Lipinski definition) is 1. The molecule has 3 rings (SSSR count). The SMILES string of the molecule is CS(=O)(=O)c1cc(F)c(-c2c(-c3cccc(F)c3)noc2CO)cc1F. The van der Waals surface area contributed by atoms with Crippen molar-refractivity contribution in [1.29, 1.82) is 0 Å². The summed E-state index contributed by atoms with van der Waals surface area (Å²) in [5.74, 6) is -2.97. The summed E-state index contributed by atoms with van der Waals surface area (Å²) < 4.78 is 70.3. The van der Waals surface area contributed by atoms with Gasteiger partial charge in [0.05, 0.1) is 5.56 Å². The van der Waals surface area contributed by atoms with Crippen molar-refractivity contribution in [3.8, 4) is 22.4 Å². The van der Waals surface area contributed by atoms with Crippen LogP contribution in [0.1, 0.15) is 5.76 Å². The number of benzene rings is 2. The van der Waals surface area contributed by atoms with Gasteiger partial charge in [0.15, 0.2) is 15.6 Å². The number of aliphatic hydroxyl groups excluding tert-OH is 1. The standard InChI is InChI=1S/C17H12F3NO4S/c1-26(23,24)15-7-12(19)11(6-13(15)20)16-14(8-22)25-21-17(16)9-3-2-4-10(18)5-9/h2-7,22H,8H2,1H3. The van der Waals surface area contributed by atoms with E-state index in [1.54, 1.807) is 0 Å². The van der Waals surface area contributed by atoms with E-state index in [0.29, 0.717) is 12.1 Å². The minimum Gasteiger partial charge on any atom is -0.388 e. The molecule has 0 saturated heterocycles. The fraction of sp³-hybridized carbons (Fsp3) is 0.118. The Labute approximate surface area is 146 Å². The second kappa shape index (κ2) is 6.58. The van der Waals surface area contributed by atoms with Crippen molar-refractivity contribution < 1.29 is 31.2 Å². The van der Waals surface area contributed by atoms with Crippen molar-refractivity contribution in [2.75, 3.05) is 6.26 Å². The summed E-state index contributed by atoms with van der Waals surface area (Å²) in [5, 5.41) is 13.1. The third kappa shape index (κ3) is 3.23. The topological polar surface area (TPSA) is 80.4 Å². The fourth-order valence-electron chi connectivity index (χ4n) is 2.55. The van der Waals surface area contributed by atoms with Crippen LogP contribution in [0.2, 0.25) is 0 Å². The summed E-state index contributed by atoms with van der Waals surface area (Å²) in [6.45, 7) is -0.674. The van der Waals surface area contributed by atoms with E-state index in [2.05, 4.69) is 5.16 Å². The van der Waals surface area contributed by atoms with Crippen molar-refractivity contribution in [3.63, 3.8) is 0 Å². The van der Waals surface area contributed by atoms with E-state index in [9.17, 15) is 26.7 Å². The van der Waals surface area contributed by atoms with Crippen LogP contribution >= 0.6 is 0 Å². The first-order valence-electron chi connectivity index (χ1n) is 7.27. The van der Waals surface area contributed by atoms with E-state index in [4.69, 9.17) is 4.52 Å². The molecule has 1 aromatic heterocycles. The predicted octanol–water partition coefficient (Wildman–Crippen LogP) is 3.32. The lowest BCUT2D eigenvalue weighted by Crippen LogP contribution is -2.03. The van der Waals surface area contributed by atoms with E-state index >= 15 is 0 Å². The van der Waals surface area contributed by atoms with Crippen LogP contribution in [0.15, 0.2) is 45.8 Å². The Hall–Kier alpha value is -2.65. The summed E-state index contributed by atoms with van der Waals surface area (Å²) in [7, 11) is -3.98. The summed E-state index contributed by atoms with van der Waals surface area (Å²) >= 11 is 0. The molecule has 5 nitrogen and oxygen atoms in total. The van der Waals surface area contributed by atoms with Gasteiger partial charge in [-0.1, -0.05) is 17.3 Å². The molecular weight excluding hydrogens is 371 g/mol. The van der Waals surface area contributed by atoms with Crippen LogP contribution in [0.5, 0.6) is 0 Å². The molecule has 9 heteroatoms. The highest BCUT2D eigenvalue weighted by atomic mass is 32.2. The van der Waals surface area contributed by atoms with E-state index in [1.807, 2.05) is 0 Å². The lowest BCUT2D eigenvalue weighted by atomic mass is 9.98. The highest BCUT2D eigenvalue weighted by molar-refractivity contribution is 7.90. The van der Waals surface area contributed by atoms with Crippen LogP contribution in [0.25, 0.3) is 22.4 Å². The zero-order chi connectivity index (χ0) is 19.1. The van der Waals surface area contributed by atoms with Crippen molar-refractivity contribution in [1.82, 2.24) is 5.16 Å². The molecule has 0 bridgehead atoms. The predicted molar refractivity (Wildman–Crippen MR) is 86.3 cm³/mol. The monoisotopic (exact) mass is 383 g/mol. The number of sulfone groups is 1. The van der Waals surface area contributed by atoms with Gasteiger partial charge in [-0.25, -0.2) is 21.6 Å². The van der Waals surface area contributed by atoms with Gasteiger partial charge in [0.1, 0.15) is 34.6 Å². The van der Waals surface area contributed by atoms with Crippen LogP contribution in [0.3, 0.4) is 0 Å². The normalized spacial score (nSPS) is 11.7. The first-order valence-corrected chi connectivity index (χ1v) is 9.16. The van der Waals surface area contributed by atoms with Gasteiger partial charge in [0.2, 0.25) is 0 Å². The van der Waals surface area contributed by atoms with E-state index < -0.39 is 38.8 Å². The molecule has 136 valence electrons. The minimum absolute atomic E-state index is 0.0149. The van der Waals surface area contributed by atoms with E-state index in [0.717, 1.165) is 12.3 Å². The Kier molecular flexibility index (Phi) is 4.59. The van der Waals surface area contributed by atoms with Crippen LogP contribution in [-0.2, 0) is 16.4 Å². The average Bonchev–Trinajstić information content (AvgIpc) is 2.99. The van der Waals surface area contributed by atoms with Crippen LogP contribution in [0, 0.1) is 17.5 Å². The molecule has 0 aliphatic rings. The molecule has 0 radical (unpaired) electrons. The highest BCUT2D eigenvalue weighted by Crippen LogP contribution is 2.37. The third-order valence-corrected chi connectivity index (χ3v) is 4.81. The Morgan fingerprint density at radius 2 is 1.85 bits per heavy atom. The lowest BCUT2D eigenvalue weighted by Gasteiger charge is -2.08. The Bertz CT molecular complexity index is 1090. The van der Waals surface area contributed by atoms with E-state index in [-0.39, 0.29) is 28.1 Å². The van der Waals surface area contributed by atoms with Gasteiger partial charge in [0.25, 0.3) is 0 Å². The third-order valence-electron chi connectivity index (χ3n) is 3.69. The van der Waals surface area contributed by atoms with Gasteiger partial charge in [-0.3, -0.25) is 0 Å². The zero-order valence-electron chi connectivity index (χ0n) is 13.3. The second-order valence-electron chi connectivity index (χ2n) is 5.53. The largest absolute Gasteiger partial charge is 0.388 e. The zero-order valence-corrected chi connectivity index (χ0v) is 14.1. The maximum Gasteiger partial charge on any atom is 0.178 e. The maximum atomic E-state index is 14.6. The van der Waals surface area contributed by atoms with Gasteiger partial charge in [-0.15, -0.1) is 0 Å². The first kappa shape index (κ1) is 18.2. The number of hydrogen-bond acceptors (Lipinski definition) is 5. The van der Waals surface area contributed by atoms with Gasteiger partial charge in [-0.2, -0.15) is 0 Å². The summed E-state index contributed by atoms with van der Waals surface area (Å²) in [4.78, 5) is -0.798. The number of rotatable bonds is 4. The summed E-state index contributed by atoms with van der Waals surface area (Å²) in [6, 6.07) is 6.40. The molecule has 0 unspecified atom stereocenters. The Balaban J connectivity index is 2.28. The quantitative estimate of drug-likeness (QED) is 0.748. The first-order chi connectivity index (χ1) is 12.2. The van der Waals surface area contributed by atoms with E-state index in [1.165, 1.54) is 18.2 Å². The fourth-order valence-corrected chi connectivity index (χ4v) is 3.28. The van der Waals surface area contributed by atoms with Crippen LogP contribution in [0.4, 0.5) is 13.2 Å². The Morgan fingerprint density at radius 3 is 2.46 bits per heavy atom. The molecule has 0 aliphatic carbocycles. The minimum atomic E-state index is -3.98. The van der Waals surface area contributed by atoms with Crippen LogP contribution in [-0.4, -0.2) is 24.9 Å². The molecule has 2 aromatic carbocycles. The average molecular weight is 383 g/mol. The summed E-state index contributed by atoms with van der Waals surface area (Å²) in [6.07, 6.45) is 0.751. The second-order valence-corrected chi connectivity index (χ2v) is 7.52. The highest BCUT2D eigenvalue weighted by Gasteiger charge is 2.25. The van der Waals surface area contributed by atoms with Gasteiger partial charge >= 0.3 is 0 Å². The molecule has 0 fully saturated rings. The van der Waals surface area contributed by atoms with Gasteiger partial charge in [-0.05, 0) is 24.3 Å². The van der Waals surface area contributed by atoms with Crippen molar-refractivity contribution in [2.24, 2.45) is 0 Å². The molecule has 0 amide bonds. The molecule has 0 spiro atoms. The molecule has 0 saturated carbocycles. The van der Waals surface area contributed by atoms with Crippen molar-refractivity contribution in [3.05, 3.63) is 59.6 Å². The molecule has 26 heavy (non-hydrogen) atoms. The molecular formula is C17H12F3NO4S. The Morgan fingerprint density at radius 1 is 1.12 bits per heavy atom. The van der Waals surface area contributed by atoms with Gasteiger partial charge in [0, 0.05) is 17.4 Å². The molecule has 1 N–H and O–H groups in total.